The third-order valence-corrected chi connectivity index (χ3v) is 3.32. The van der Waals surface area contributed by atoms with Gasteiger partial charge in [0, 0.05) is 45.3 Å². The molecule has 1 atom stereocenters. The van der Waals surface area contributed by atoms with E-state index in [0.29, 0.717) is 13.0 Å². The Morgan fingerprint density at radius 3 is 2.65 bits per heavy atom. The van der Waals surface area contributed by atoms with Crippen LogP contribution < -0.4 is 16.0 Å². The minimum Gasteiger partial charge on any atom is -0.481 e. The summed E-state index contributed by atoms with van der Waals surface area (Å²) in [7, 11) is 0. The molecule has 1 aliphatic rings. The molecule has 4 N–H and O–H groups in total. The Balaban J connectivity index is 2.18. The molecule has 7 nitrogen and oxygen atoms in total. The number of nitrogens with zero attached hydrogens (tertiary/aromatic N) is 1. The molecule has 0 aromatic heterocycles. The second-order valence-corrected chi connectivity index (χ2v) is 5.08. The van der Waals surface area contributed by atoms with Crippen LogP contribution in [0.15, 0.2) is 0 Å². The van der Waals surface area contributed by atoms with Crippen molar-refractivity contribution in [1.29, 1.82) is 0 Å². The summed E-state index contributed by atoms with van der Waals surface area (Å²) in [5.74, 6) is -0.885. The minimum atomic E-state index is -0.885. The van der Waals surface area contributed by atoms with Crippen LogP contribution in [0.3, 0.4) is 0 Å². The molecule has 0 saturated carbocycles. The number of carboxylic acid groups (broad SMARTS) is 1. The number of aliphatic carboxylic acids is 1. The molecule has 20 heavy (non-hydrogen) atoms. The molecular formula is C13H26N4O3. The van der Waals surface area contributed by atoms with E-state index in [2.05, 4.69) is 20.9 Å². The quantitative estimate of drug-likeness (QED) is 0.497. The maximum absolute atomic E-state index is 11.7. The first-order valence-electron chi connectivity index (χ1n) is 7.31. The van der Waals surface area contributed by atoms with Gasteiger partial charge < -0.3 is 21.1 Å². The first-order valence-corrected chi connectivity index (χ1v) is 7.31. The molecule has 0 bridgehead atoms. The SMILES string of the molecule is CCCC(CC(=O)O)NC(=O)NCCN1CCNCC1. The molecule has 116 valence electrons. The second kappa shape index (κ2) is 9.55. The molecule has 7 heteroatoms. The number of nitrogens with one attached hydrogen (secondary N) is 3. The van der Waals surface area contributed by atoms with Crippen molar-refractivity contribution in [1.82, 2.24) is 20.9 Å². The standard InChI is InChI=1S/C13H26N4O3/c1-2-3-11(10-12(18)19)16-13(20)15-6-9-17-7-4-14-5-8-17/h11,14H,2-10H2,1H3,(H,18,19)(H2,15,16,20). The summed E-state index contributed by atoms with van der Waals surface area (Å²) in [5, 5.41) is 17.6. The van der Waals surface area contributed by atoms with E-state index in [1.165, 1.54) is 0 Å². The number of hydrogen-bond donors (Lipinski definition) is 4. The number of piperazine rings is 1. The highest BCUT2D eigenvalue weighted by Gasteiger charge is 2.15. The number of amides is 2. The zero-order valence-corrected chi connectivity index (χ0v) is 12.2. The molecule has 1 saturated heterocycles. The van der Waals surface area contributed by atoms with Gasteiger partial charge in [0.05, 0.1) is 6.42 Å². The van der Waals surface area contributed by atoms with Crippen molar-refractivity contribution >= 4 is 12.0 Å². The van der Waals surface area contributed by atoms with Crippen LogP contribution in [0, 0.1) is 0 Å². The molecule has 2 amide bonds. The Hall–Kier alpha value is -1.34. The summed E-state index contributed by atoms with van der Waals surface area (Å²) in [6.07, 6.45) is 1.50. The average Bonchev–Trinajstić information content (AvgIpc) is 2.39. The molecule has 0 aliphatic carbocycles. The van der Waals surface area contributed by atoms with Gasteiger partial charge in [-0.2, -0.15) is 0 Å². The number of carbonyl (C=O) groups is 2. The molecule has 0 radical (unpaired) electrons. The second-order valence-electron chi connectivity index (χ2n) is 5.08. The largest absolute Gasteiger partial charge is 0.481 e. The van der Waals surface area contributed by atoms with E-state index in [1.54, 1.807) is 0 Å². The van der Waals surface area contributed by atoms with Crippen molar-refractivity contribution in [2.45, 2.75) is 32.2 Å². The molecule has 0 aromatic rings. The monoisotopic (exact) mass is 286 g/mol. The van der Waals surface area contributed by atoms with Crippen molar-refractivity contribution < 1.29 is 14.7 Å². The highest BCUT2D eigenvalue weighted by Crippen LogP contribution is 2.01. The smallest absolute Gasteiger partial charge is 0.315 e. The van der Waals surface area contributed by atoms with E-state index < -0.39 is 5.97 Å². The minimum absolute atomic E-state index is 0.0287. The van der Waals surface area contributed by atoms with Gasteiger partial charge in [0.1, 0.15) is 0 Å². The molecule has 0 aromatic carbocycles. The van der Waals surface area contributed by atoms with Gasteiger partial charge in [-0.05, 0) is 6.42 Å². The predicted molar refractivity (Wildman–Crippen MR) is 76.8 cm³/mol. The van der Waals surface area contributed by atoms with Gasteiger partial charge in [-0.15, -0.1) is 0 Å². The molecule has 1 fully saturated rings. The summed E-state index contributed by atoms with van der Waals surface area (Å²) in [5.41, 5.74) is 0. The van der Waals surface area contributed by atoms with Crippen molar-refractivity contribution in [3.05, 3.63) is 0 Å². The van der Waals surface area contributed by atoms with E-state index in [-0.39, 0.29) is 18.5 Å². The molecule has 1 aliphatic heterocycles. The molecular weight excluding hydrogens is 260 g/mol. The normalized spacial score (nSPS) is 17.4. The van der Waals surface area contributed by atoms with E-state index in [0.717, 1.165) is 39.1 Å². The lowest BCUT2D eigenvalue weighted by atomic mass is 10.1. The highest BCUT2D eigenvalue weighted by atomic mass is 16.4. The zero-order valence-electron chi connectivity index (χ0n) is 12.2. The van der Waals surface area contributed by atoms with Crippen LogP contribution in [0.5, 0.6) is 0 Å². The van der Waals surface area contributed by atoms with Crippen LogP contribution in [0.4, 0.5) is 4.79 Å². The summed E-state index contributed by atoms with van der Waals surface area (Å²) in [4.78, 5) is 24.7. The fourth-order valence-electron chi connectivity index (χ4n) is 2.28. The fraction of sp³-hybridized carbons (Fsp3) is 0.846. The van der Waals surface area contributed by atoms with Crippen LogP contribution >= 0.6 is 0 Å². The lowest BCUT2D eigenvalue weighted by Gasteiger charge is -2.27. The van der Waals surface area contributed by atoms with Crippen LogP contribution in [0.2, 0.25) is 0 Å². The Bertz CT molecular complexity index is 306. The number of hydrogen-bond acceptors (Lipinski definition) is 4. The summed E-state index contributed by atoms with van der Waals surface area (Å²) in [6, 6.07) is -0.573. The van der Waals surface area contributed by atoms with Gasteiger partial charge in [-0.1, -0.05) is 13.3 Å². The van der Waals surface area contributed by atoms with Gasteiger partial charge in [-0.3, -0.25) is 9.69 Å². The fourth-order valence-corrected chi connectivity index (χ4v) is 2.28. The van der Waals surface area contributed by atoms with Crippen LogP contribution in [-0.2, 0) is 4.79 Å². The van der Waals surface area contributed by atoms with E-state index >= 15 is 0 Å². The van der Waals surface area contributed by atoms with Gasteiger partial charge in [0.25, 0.3) is 0 Å². The van der Waals surface area contributed by atoms with Gasteiger partial charge >= 0.3 is 12.0 Å². The number of carbonyl (C=O) groups excluding carboxylic acids is 1. The highest BCUT2D eigenvalue weighted by molar-refractivity contribution is 5.75. The summed E-state index contributed by atoms with van der Waals surface area (Å²) < 4.78 is 0. The maximum Gasteiger partial charge on any atom is 0.315 e. The van der Waals surface area contributed by atoms with E-state index in [1.807, 2.05) is 6.92 Å². The summed E-state index contributed by atoms with van der Waals surface area (Å²) in [6.45, 7) is 7.36. The van der Waals surface area contributed by atoms with Gasteiger partial charge in [-0.25, -0.2) is 4.79 Å². The average molecular weight is 286 g/mol. The van der Waals surface area contributed by atoms with Crippen LogP contribution in [0.25, 0.3) is 0 Å². The first-order chi connectivity index (χ1) is 9.61. The third-order valence-electron chi connectivity index (χ3n) is 3.32. The van der Waals surface area contributed by atoms with Crippen molar-refractivity contribution in [2.24, 2.45) is 0 Å². The Kier molecular flexibility index (Phi) is 7.98. The van der Waals surface area contributed by atoms with E-state index in [9.17, 15) is 9.59 Å². The molecule has 1 heterocycles. The Morgan fingerprint density at radius 2 is 2.05 bits per heavy atom. The predicted octanol–water partition coefficient (Wildman–Crippen LogP) is -0.166. The molecule has 1 rings (SSSR count). The van der Waals surface area contributed by atoms with Gasteiger partial charge in [0.15, 0.2) is 0 Å². The van der Waals surface area contributed by atoms with Crippen LogP contribution in [0.1, 0.15) is 26.2 Å². The van der Waals surface area contributed by atoms with Crippen molar-refractivity contribution in [3.63, 3.8) is 0 Å². The van der Waals surface area contributed by atoms with Crippen molar-refractivity contribution in [2.75, 3.05) is 39.3 Å². The van der Waals surface area contributed by atoms with Crippen molar-refractivity contribution in [3.8, 4) is 0 Å². The zero-order chi connectivity index (χ0) is 14.8. The third kappa shape index (κ3) is 7.30. The van der Waals surface area contributed by atoms with Crippen LogP contribution in [-0.4, -0.2) is 67.3 Å². The summed E-state index contributed by atoms with van der Waals surface area (Å²) >= 11 is 0. The number of carboxylic acids is 1. The first kappa shape index (κ1) is 16.7. The number of rotatable bonds is 8. The Labute approximate surface area is 120 Å². The molecule has 0 spiro atoms. The lowest BCUT2D eigenvalue weighted by Crippen LogP contribution is -2.48. The maximum atomic E-state index is 11.7. The topological polar surface area (TPSA) is 93.7 Å². The van der Waals surface area contributed by atoms with E-state index in [4.69, 9.17) is 5.11 Å². The molecule has 1 unspecified atom stereocenters. The number of urea groups is 1. The lowest BCUT2D eigenvalue weighted by molar-refractivity contribution is -0.137. The van der Waals surface area contributed by atoms with Gasteiger partial charge in [0.2, 0.25) is 0 Å². The Morgan fingerprint density at radius 1 is 1.35 bits per heavy atom.